The number of hydrogen-bond donors (Lipinski definition) is 3. The molecule has 0 saturated heterocycles. The molecule has 0 fully saturated rings. The van der Waals surface area contributed by atoms with Gasteiger partial charge in [0.05, 0.1) is 14.2 Å². The van der Waals surface area contributed by atoms with Crippen LogP contribution in [-0.2, 0) is 11.2 Å². The lowest BCUT2D eigenvalue weighted by Crippen LogP contribution is -2.33. The molecule has 0 aliphatic heterocycles. The van der Waals surface area contributed by atoms with Gasteiger partial charge in [-0.15, -0.1) is 24.0 Å². The summed E-state index contributed by atoms with van der Waals surface area (Å²) in [5.41, 5.74) is 1.97. The van der Waals surface area contributed by atoms with Crippen LogP contribution in [0.1, 0.15) is 12.5 Å². The largest absolute Gasteiger partial charge is 0.493 e. The number of benzene rings is 2. The SMILES string of the molecule is CCNC(=NCC(=O)NCCc1ccccc1)Nc1ccc(OC)c(OC)c1.I. The molecule has 8 heteroatoms. The highest BCUT2D eigenvalue weighted by atomic mass is 127. The Labute approximate surface area is 189 Å². The van der Waals surface area contributed by atoms with Gasteiger partial charge in [0.15, 0.2) is 17.5 Å². The molecule has 0 aliphatic carbocycles. The summed E-state index contributed by atoms with van der Waals surface area (Å²) in [7, 11) is 3.17. The van der Waals surface area contributed by atoms with Crippen LogP contribution in [0, 0.1) is 0 Å². The molecule has 0 aliphatic rings. The summed E-state index contributed by atoms with van der Waals surface area (Å²) in [5, 5.41) is 9.18. The Kier molecular flexibility index (Phi) is 11.6. The maximum atomic E-state index is 12.1. The fourth-order valence-electron chi connectivity index (χ4n) is 2.56. The summed E-state index contributed by atoms with van der Waals surface area (Å²) in [6.07, 6.45) is 0.792. The van der Waals surface area contributed by atoms with E-state index in [0.29, 0.717) is 30.5 Å². The van der Waals surface area contributed by atoms with Crippen molar-refractivity contribution in [2.45, 2.75) is 13.3 Å². The first-order valence-corrected chi connectivity index (χ1v) is 9.24. The third kappa shape index (κ3) is 8.59. The number of halogens is 1. The van der Waals surface area contributed by atoms with Gasteiger partial charge in [0.1, 0.15) is 6.54 Å². The van der Waals surface area contributed by atoms with Crippen molar-refractivity contribution in [3.8, 4) is 11.5 Å². The second kappa shape index (κ2) is 13.6. The molecular weight excluding hydrogens is 483 g/mol. The molecule has 0 unspecified atom stereocenters. The highest BCUT2D eigenvalue weighted by Crippen LogP contribution is 2.29. The summed E-state index contributed by atoms with van der Waals surface area (Å²) < 4.78 is 10.5. The molecule has 2 aromatic rings. The molecule has 7 nitrogen and oxygen atoms in total. The van der Waals surface area contributed by atoms with Crippen molar-refractivity contribution in [1.82, 2.24) is 10.6 Å². The van der Waals surface area contributed by atoms with Crippen molar-refractivity contribution >= 4 is 41.5 Å². The number of amides is 1. The quantitative estimate of drug-likeness (QED) is 0.273. The van der Waals surface area contributed by atoms with E-state index in [9.17, 15) is 4.79 Å². The van der Waals surface area contributed by atoms with E-state index in [0.717, 1.165) is 12.1 Å². The fraction of sp³-hybridized carbons (Fsp3) is 0.333. The van der Waals surface area contributed by atoms with E-state index >= 15 is 0 Å². The van der Waals surface area contributed by atoms with Crippen LogP contribution in [0.15, 0.2) is 53.5 Å². The Morgan fingerprint density at radius 2 is 1.72 bits per heavy atom. The molecule has 0 radical (unpaired) electrons. The lowest BCUT2D eigenvalue weighted by molar-refractivity contribution is -0.119. The van der Waals surface area contributed by atoms with Crippen LogP contribution in [0.4, 0.5) is 5.69 Å². The number of ether oxygens (including phenoxy) is 2. The molecule has 0 saturated carbocycles. The standard InChI is InChI=1S/C21H28N4O3.HI/c1-4-22-21(25-17-10-11-18(27-2)19(14-17)28-3)24-15-20(26)23-13-12-16-8-6-5-7-9-16;/h5-11,14H,4,12-13,15H2,1-3H3,(H,23,26)(H2,22,24,25);1H. The Morgan fingerprint density at radius 1 is 1.00 bits per heavy atom. The zero-order chi connectivity index (χ0) is 20.2. The van der Waals surface area contributed by atoms with Gasteiger partial charge in [-0.25, -0.2) is 4.99 Å². The minimum absolute atomic E-state index is 0. The van der Waals surface area contributed by atoms with E-state index < -0.39 is 0 Å². The van der Waals surface area contributed by atoms with Gasteiger partial charge in [-0.3, -0.25) is 4.79 Å². The second-order valence-corrected chi connectivity index (χ2v) is 5.98. The molecule has 0 aromatic heterocycles. The smallest absolute Gasteiger partial charge is 0.241 e. The van der Waals surface area contributed by atoms with Crippen LogP contribution in [0.2, 0.25) is 0 Å². The molecule has 0 bridgehead atoms. The molecular formula is C21H29IN4O3. The van der Waals surface area contributed by atoms with Gasteiger partial charge in [-0.05, 0) is 31.0 Å². The van der Waals surface area contributed by atoms with Crippen LogP contribution in [-0.4, -0.2) is 45.7 Å². The average molecular weight is 512 g/mol. The zero-order valence-corrected chi connectivity index (χ0v) is 19.4. The number of carbonyl (C=O) groups excluding carboxylic acids is 1. The van der Waals surface area contributed by atoms with Crippen molar-refractivity contribution in [1.29, 1.82) is 0 Å². The summed E-state index contributed by atoms with van der Waals surface area (Å²) in [4.78, 5) is 16.4. The Morgan fingerprint density at radius 3 is 2.38 bits per heavy atom. The van der Waals surface area contributed by atoms with Gasteiger partial charge in [0.25, 0.3) is 0 Å². The van der Waals surface area contributed by atoms with Gasteiger partial charge in [-0.1, -0.05) is 30.3 Å². The van der Waals surface area contributed by atoms with Crippen molar-refractivity contribution in [2.75, 3.05) is 39.2 Å². The number of anilines is 1. The summed E-state index contributed by atoms with van der Waals surface area (Å²) in [6.45, 7) is 3.26. The van der Waals surface area contributed by atoms with Gasteiger partial charge in [0, 0.05) is 24.8 Å². The third-order valence-electron chi connectivity index (χ3n) is 3.95. The van der Waals surface area contributed by atoms with E-state index in [2.05, 4.69) is 20.9 Å². The molecule has 3 N–H and O–H groups in total. The second-order valence-electron chi connectivity index (χ2n) is 5.98. The van der Waals surface area contributed by atoms with Crippen LogP contribution in [0.3, 0.4) is 0 Å². The molecule has 0 heterocycles. The van der Waals surface area contributed by atoms with Gasteiger partial charge in [0.2, 0.25) is 5.91 Å². The predicted molar refractivity (Wildman–Crippen MR) is 128 cm³/mol. The summed E-state index contributed by atoms with van der Waals surface area (Å²) >= 11 is 0. The van der Waals surface area contributed by atoms with E-state index in [-0.39, 0.29) is 36.4 Å². The molecule has 2 aromatic carbocycles. The first kappa shape index (κ1) is 24.5. The number of carbonyl (C=O) groups is 1. The van der Waals surface area contributed by atoms with Crippen molar-refractivity contribution < 1.29 is 14.3 Å². The number of rotatable bonds is 9. The Bertz CT molecular complexity index is 785. The van der Waals surface area contributed by atoms with Crippen LogP contribution in [0.5, 0.6) is 11.5 Å². The molecule has 158 valence electrons. The minimum Gasteiger partial charge on any atom is -0.493 e. The third-order valence-corrected chi connectivity index (χ3v) is 3.95. The van der Waals surface area contributed by atoms with Crippen LogP contribution >= 0.6 is 24.0 Å². The van der Waals surface area contributed by atoms with Gasteiger partial charge < -0.3 is 25.4 Å². The monoisotopic (exact) mass is 512 g/mol. The maximum absolute atomic E-state index is 12.1. The zero-order valence-electron chi connectivity index (χ0n) is 17.0. The Balaban J connectivity index is 0.00000420. The minimum atomic E-state index is -0.125. The maximum Gasteiger partial charge on any atom is 0.241 e. The molecule has 0 atom stereocenters. The molecule has 2 rings (SSSR count). The number of aliphatic imine (C=N–C) groups is 1. The lowest BCUT2D eigenvalue weighted by Gasteiger charge is -2.13. The summed E-state index contributed by atoms with van der Waals surface area (Å²) in [6, 6.07) is 15.5. The number of nitrogens with zero attached hydrogens (tertiary/aromatic N) is 1. The Hall–Kier alpha value is -2.49. The van der Waals surface area contributed by atoms with Crippen LogP contribution < -0.4 is 25.4 Å². The van der Waals surface area contributed by atoms with Crippen molar-refractivity contribution in [3.63, 3.8) is 0 Å². The number of guanidine groups is 1. The van der Waals surface area contributed by atoms with Crippen LogP contribution in [0.25, 0.3) is 0 Å². The van der Waals surface area contributed by atoms with E-state index in [1.165, 1.54) is 5.56 Å². The fourth-order valence-corrected chi connectivity index (χ4v) is 2.56. The predicted octanol–water partition coefficient (Wildman–Crippen LogP) is 3.06. The van der Waals surface area contributed by atoms with Crippen molar-refractivity contribution in [2.24, 2.45) is 4.99 Å². The highest BCUT2D eigenvalue weighted by Gasteiger charge is 2.07. The topological polar surface area (TPSA) is 84.0 Å². The van der Waals surface area contributed by atoms with Gasteiger partial charge >= 0.3 is 0 Å². The highest BCUT2D eigenvalue weighted by molar-refractivity contribution is 14.0. The van der Waals surface area contributed by atoms with E-state index in [1.54, 1.807) is 20.3 Å². The first-order valence-electron chi connectivity index (χ1n) is 9.24. The number of nitrogens with one attached hydrogen (secondary N) is 3. The molecule has 1 amide bonds. The number of hydrogen-bond acceptors (Lipinski definition) is 4. The lowest BCUT2D eigenvalue weighted by atomic mass is 10.1. The molecule has 0 spiro atoms. The van der Waals surface area contributed by atoms with Gasteiger partial charge in [-0.2, -0.15) is 0 Å². The van der Waals surface area contributed by atoms with E-state index in [4.69, 9.17) is 9.47 Å². The van der Waals surface area contributed by atoms with E-state index in [1.807, 2.05) is 49.4 Å². The first-order chi connectivity index (χ1) is 13.7. The normalized spacial score (nSPS) is 10.5. The van der Waals surface area contributed by atoms with Crippen molar-refractivity contribution in [3.05, 3.63) is 54.1 Å². The molecule has 29 heavy (non-hydrogen) atoms. The summed E-state index contributed by atoms with van der Waals surface area (Å²) in [5.74, 6) is 1.66. The average Bonchev–Trinajstić information content (AvgIpc) is 2.73. The number of methoxy groups -OCH3 is 2.